The maximum absolute atomic E-state index is 8.62. The summed E-state index contributed by atoms with van der Waals surface area (Å²) in [5.74, 6) is 2.65. The van der Waals surface area contributed by atoms with Crippen molar-refractivity contribution in [3.8, 4) is 0 Å². The first kappa shape index (κ1) is 11.7. The normalized spacial score (nSPS) is 28.4. The highest BCUT2D eigenvalue weighted by atomic mass is 32.2. The Bertz CT molecular complexity index is 210. The second-order valence-corrected chi connectivity index (χ2v) is 4.91. The van der Waals surface area contributed by atoms with Gasteiger partial charge >= 0.3 is 0 Å². The maximum Gasteiger partial charge on any atom is 0.156 e. The van der Waals surface area contributed by atoms with Crippen LogP contribution in [0.5, 0.6) is 0 Å². The maximum atomic E-state index is 8.62. The fourth-order valence-corrected chi connectivity index (χ4v) is 2.79. The molecule has 0 bridgehead atoms. The first-order valence-electron chi connectivity index (χ1n) is 4.97. The van der Waals surface area contributed by atoms with E-state index < -0.39 is 0 Å². The van der Waals surface area contributed by atoms with Crippen LogP contribution in [0, 0.1) is 0 Å². The van der Waals surface area contributed by atoms with E-state index in [1.165, 1.54) is 12.2 Å². The summed E-state index contributed by atoms with van der Waals surface area (Å²) in [6.45, 7) is 5.21. The Kier molecular flexibility index (Phi) is 4.54. The Morgan fingerprint density at radius 2 is 2.36 bits per heavy atom. The third-order valence-electron chi connectivity index (χ3n) is 2.78. The van der Waals surface area contributed by atoms with Gasteiger partial charge in [0.05, 0.1) is 6.04 Å². The molecule has 0 aromatic heterocycles. The number of hydrogen-bond acceptors (Lipinski definition) is 4. The fourth-order valence-electron chi connectivity index (χ4n) is 1.74. The standard InChI is InChI=1S/C9H19N3OS/c1-7-3-5-14-6-4-12(7)8(2)9(10)11-13/h7-8,13H,3-6H2,1-2H3,(H2,10,11). The Morgan fingerprint density at radius 3 is 3.00 bits per heavy atom. The summed E-state index contributed by atoms with van der Waals surface area (Å²) in [4.78, 5) is 2.30. The number of rotatable bonds is 2. The lowest BCUT2D eigenvalue weighted by Gasteiger charge is -2.31. The third kappa shape index (κ3) is 2.78. The molecule has 1 saturated heterocycles. The summed E-state index contributed by atoms with van der Waals surface area (Å²) in [6.07, 6.45) is 1.17. The van der Waals surface area contributed by atoms with Gasteiger partial charge in [-0.05, 0) is 26.0 Å². The molecule has 2 atom stereocenters. The van der Waals surface area contributed by atoms with Crippen LogP contribution >= 0.6 is 11.8 Å². The van der Waals surface area contributed by atoms with E-state index in [2.05, 4.69) is 17.0 Å². The van der Waals surface area contributed by atoms with Gasteiger partial charge in [-0.3, -0.25) is 4.90 Å². The number of oxime groups is 1. The highest BCUT2D eigenvalue weighted by Gasteiger charge is 2.24. The number of amidine groups is 1. The van der Waals surface area contributed by atoms with Gasteiger partial charge in [0.2, 0.25) is 0 Å². The van der Waals surface area contributed by atoms with Crippen molar-refractivity contribution >= 4 is 17.6 Å². The molecule has 1 fully saturated rings. The van der Waals surface area contributed by atoms with Gasteiger partial charge in [-0.25, -0.2) is 0 Å². The molecule has 0 saturated carbocycles. The molecule has 1 aliphatic rings. The summed E-state index contributed by atoms with van der Waals surface area (Å²) in [5.41, 5.74) is 5.61. The zero-order valence-electron chi connectivity index (χ0n) is 8.81. The molecule has 5 heteroatoms. The minimum Gasteiger partial charge on any atom is -0.409 e. The van der Waals surface area contributed by atoms with Crippen LogP contribution < -0.4 is 5.73 Å². The predicted molar refractivity (Wildman–Crippen MR) is 61.0 cm³/mol. The van der Waals surface area contributed by atoms with E-state index in [-0.39, 0.29) is 6.04 Å². The summed E-state index contributed by atoms with van der Waals surface area (Å²) in [6, 6.07) is 0.550. The topological polar surface area (TPSA) is 61.8 Å². The van der Waals surface area contributed by atoms with Crippen molar-refractivity contribution in [2.24, 2.45) is 10.9 Å². The summed E-state index contributed by atoms with van der Waals surface area (Å²) < 4.78 is 0. The molecule has 1 rings (SSSR count). The Balaban J connectivity index is 2.63. The van der Waals surface area contributed by atoms with E-state index in [9.17, 15) is 0 Å². The van der Waals surface area contributed by atoms with E-state index >= 15 is 0 Å². The van der Waals surface area contributed by atoms with Crippen molar-refractivity contribution < 1.29 is 5.21 Å². The molecule has 0 radical (unpaired) electrons. The number of thioether (sulfide) groups is 1. The quantitative estimate of drug-likeness (QED) is 0.313. The van der Waals surface area contributed by atoms with Gasteiger partial charge in [-0.2, -0.15) is 11.8 Å². The number of nitrogens with two attached hydrogens (primary N) is 1. The summed E-state index contributed by atoms with van der Waals surface area (Å²) in [7, 11) is 0. The zero-order valence-corrected chi connectivity index (χ0v) is 9.63. The van der Waals surface area contributed by atoms with E-state index in [1.54, 1.807) is 0 Å². The first-order chi connectivity index (χ1) is 6.66. The van der Waals surface area contributed by atoms with Gasteiger partial charge in [0.15, 0.2) is 5.84 Å². The van der Waals surface area contributed by atoms with Crippen LogP contribution in [0.2, 0.25) is 0 Å². The van der Waals surface area contributed by atoms with E-state index in [0.29, 0.717) is 11.9 Å². The fraction of sp³-hybridized carbons (Fsp3) is 0.889. The van der Waals surface area contributed by atoms with Crippen LogP contribution in [0.1, 0.15) is 20.3 Å². The molecule has 1 heterocycles. The molecular weight excluding hydrogens is 198 g/mol. The smallest absolute Gasteiger partial charge is 0.156 e. The molecule has 4 nitrogen and oxygen atoms in total. The Hall–Kier alpha value is -0.420. The van der Waals surface area contributed by atoms with Gasteiger partial charge in [0.1, 0.15) is 0 Å². The zero-order chi connectivity index (χ0) is 10.6. The predicted octanol–water partition coefficient (Wildman–Crippen LogP) is 0.949. The molecule has 0 aromatic rings. The molecule has 0 amide bonds. The van der Waals surface area contributed by atoms with Gasteiger partial charge < -0.3 is 10.9 Å². The lowest BCUT2D eigenvalue weighted by atomic mass is 10.1. The minimum atomic E-state index is 0.0358. The monoisotopic (exact) mass is 217 g/mol. The van der Waals surface area contributed by atoms with Gasteiger partial charge in [0.25, 0.3) is 0 Å². The first-order valence-corrected chi connectivity index (χ1v) is 6.13. The summed E-state index contributed by atoms with van der Waals surface area (Å²) >= 11 is 1.98. The number of hydrogen-bond donors (Lipinski definition) is 2. The van der Waals surface area contributed by atoms with Gasteiger partial charge in [-0.1, -0.05) is 5.16 Å². The second kappa shape index (κ2) is 5.46. The van der Waals surface area contributed by atoms with Crippen molar-refractivity contribution in [2.75, 3.05) is 18.1 Å². The van der Waals surface area contributed by atoms with Crippen LogP contribution in [0.3, 0.4) is 0 Å². The third-order valence-corrected chi connectivity index (χ3v) is 3.78. The average molecular weight is 217 g/mol. The molecule has 0 aromatic carbocycles. The molecule has 0 aliphatic carbocycles. The largest absolute Gasteiger partial charge is 0.409 e. The van der Waals surface area contributed by atoms with E-state index in [0.717, 1.165) is 12.3 Å². The lowest BCUT2D eigenvalue weighted by molar-refractivity contribution is 0.196. The van der Waals surface area contributed by atoms with Crippen LogP contribution in [-0.4, -0.2) is 46.1 Å². The van der Waals surface area contributed by atoms with Gasteiger partial charge in [0, 0.05) is 18.3 Å². The molecule has 3 N–H and O–H groups in total. The van der Waals surface area contributed by atoms with Crippen LogP contribution in [0.25, 0.3) is 0 Å². The minimum absolute atomic E-state index is 0.0358. The van der Waals surface area contributed by atoms with Crippen LogP contribution in [0.15, 0.2) is 5.16 Å². The Labute approximate surface area is 89.5 Å². The molecule has 0 spiro atoms. The van der Waals surface area contributed by atoms with Gasteiger partial charge in [-0.15, -0.1) is 0 Å². The van der Waals surface area contributed by atoms with Crippen molar-refractivity contribution in [3.63, 3.8) is 0 Å². The van der Waals surface area contributed by atoms with E-state index in [4.69, 9.17) is 10.9 Å². The Morgan fingerprint density at radius 1 is 1.64 bits per heavy atom. The van der Waals surface area contributed by atoms with Crippen molar-refractivity contribution in [3.05, 3.63) is 0 Å². The highest BCUT2D eigenvalue weighted by molar-refractivity contribution is 7.99. The lowest BCUT2D eigenvalue weighted by Crippen LogP contribution is -2.47. The van der Waals surface area contributed by atoms with Crippen LogP contribution in [0.4, 0.5) is 0 Å². The second-order valence-electron chi connectivity index (χ2n) is 3.69. The van der Waals surface area contributed by atoms with Crippen molar-refractivity contribution in [1.82, 2.24) is 4.90 Å². The molecule has 2 unspecified atom stereocenters. The SMILES string of the molecule is CC1CCSCCN1C(C)/C(N)=N/O. The summed E-state index contributed by atoms with van der Waals surface area (Å²) in [5, 5.41) is 11.7. The van der Waals surface area contributed by atoms with E-state index in [1.807, 2.05) is 18.7 Å². The molecule has 1 aliphatic heterocycles. The van der Waals surface area contributed by atoms with Crippen molar-refractivity contribution in [2.45, 2.75) is 32.4 Å². The van der Waals surface area contributed by atoms with Crippen LogP contribution in [-0.2, 0) is 0 Å². The van der Waals surface area contributed by atoms with Crippen molar-refractivity contribution in [1.29, 1.82) is 0 Å². The molecular formula is C9H19N3OS. The molecule has 82 valence electrons. The number of nitrogens with zero attached hydrogens (tertiary/aromatic N) is 2. The highest BCUT2D eigenvalue weighted by Crippen LogP contribution is 2.18. The molecule has 14 heavy (non-hydrogen) atoms. The average Bonchev–Trinajstić information content (AvgIpc) is 2.40.